The summed E-state index contributed by atoms with van der Waals surface area (Å²) in [5.74, 6) is 0.430. The van der Waals surface area contributed by atoms with E-state index in [9.17, 15) is 4.79 Å². The fraction of sp³-hybridized carbons (Fsp3) is 0.667. The van der Waals surface area contributed by atoms with Gasteiger partial charge in [0, 0.05) is 32.3 Å². The van der Waals surface area contributed by atoms with Gasteiger partial charge >= 0.3 is 0 Å². The maximum Gasteiger partial charge on any atom is 0.228 e. The highest BCUT2D eigenvalue weighted by atomic mass is 16.2. The first-order valence-electron chi connectivity index (χ1n) is 6.19. The zero-order chi connectivity index (χ0) is 12.4. The molecule has 3 N–H and O–H groups in total. The fourth-order valence-corrected chi connectivity index (χ4v) is 2.71. The first kappa shape index (κ1) is 12.0. The van der Waals surface area contributed by atoms with Crippen LogP contribution in [0.2, 0.25) is 0 Å². The lowest BCUT2D eigenvalue weighted by atomic mass is 10.2. The van der Waals surface area contributed by atoms with E-state index in [1.807, 2.05) is 4.90 Å². The van der Waals surface area contributed by atoms with Crippen LogP contribution in [0.1, 0.15) is 32.1 Å². The summed E-state index contributed by atoms with van der Waals surface area (Å²) < 4.78 is 0. The number of nitrogens with zero attached hydrogens (tertiary/aromatic N) is 2. The molecule has 1 saturated carbocycles. The molecule has 0 bridgehead atoms. The van der Waals surface area contributed by atoms with E-state index in [0.29, 0.717) is 30.5 Å². The number of carbonyl (C=O) groups is 1. The monoisotopic (exact) mass is 236 g/mol. The van der Waals surface area contributed by atoms with Crippen molar-refractivity contribution in [1.82, 2.24) is 9.80 Å². The number of amidine groups is 1. The van der Waals surface area contributed by atoms with E-state index in [1.165, 1.54) is 23.9 Å². The van der Waals surface area contributed by atoms with Gasteiger partial charge in [0.2, 0.25) is 5.91 Å². The Bertz CT molecular complexity index is 358. The lowest BCUT2D eigenvalue weighted by molar-refractivity contribution is -0.127. The minimum atomic E-state index is 0.0342. The Kier molecular flexibility index (Phi) is 3.36. The summed E-state index contributed by atoms with van der Waals surface area (Å²) >= 11 is 0. The number of carbonyl (C=O) groups excluding carboxylic acids is 1. The van der Waals surface area contributed by atoms with Crippen LogP contribution in [0.15, 0.2) is 11.9 Å². The van der Waals surface area contributed by atoms with Gasteiger partial charge in [0.15, 0.2) is 0 Å². The number of hydrogen-bond donors (Lipinski definition) is 2. The maximum absolute atomic E-state index is 11.8. The minimum Gasteiger partial charge on any atom is -0.403 e. The van der Waals surface area contributed by atoms with Crippen LogP contribution >= 0.6 is 0 Å². The summed E-state index contributed by atoms with van der Waals surface area (Å²) in [6, 6.07) is 0.414. The van der Waals surface area contributed by atoms with Crippen molar-refractivity contribution in [3.63, 3.8) is 0 Å². The van der Waals surface area contributed by atoms with E-state index in [1.54, 1.807) is 7.05 Å². The Balaban J connectivity index is 2.23. The van der Waals surface area contributed by atoms with Crippen molar-refractivity contribution in [2.24, 2.45) is 5.73 Å². The molecule has 2 aliphatic rings. The molecule has 94 valence electrons. The molecule has 0 atom stereocenters. The van der Waals surface area contributed by atoms with Crippen LogP contribution in [-0.2, 0) is 4.79 Å². The van der Waals surface area contributed by atoms with Gasteiger partial charge in [-0.15, -0.1) is 0 Å². The Labute approximate surface area is 102 Å². The van der Waals surface area contributed by atoms with Crippen molar-refractivity contribution >= 4 is 11.7 Å². The van der Waals surface area contributed by atoms with Crippen LogP contribution in [0.4, 0.5) is 0 Å². The van der Waals surface area contributed by atoms with Crippen molar-refractivity contribution in [3.8, 4) is 0 Å². The van der Waals surface area contributed by atoms with Gasteiger partial charge in [0.1, 0.15) is 11.5 Å². The average molecular weight is 236 g/mol. The molecule has 0 spiro atoms. The molecule has 0 unspecified atom stereocenters. The molecule has 1 aliphatic heterocycles. The van der Waals surface area contributed by atoms with Gasteiger partial charge in [-0.1, -0.05) is 12.8 Å². The summed E-state index contributed by atoms with van der Waals surface area (Å²) in [6.45, 7) is 0.643. The van der Waals surface area contributed by atoms with E-state index in [0.717, 1.165) is 12.8 Å². The van der Waals surface area contributed by atoms with Crippen molar-refractivity contribution in [2.75, 3.05) is 13.6 Å². The third-order valence-electron chi connectivity index (χ3n) is 3.76. The van der Waals surface area contributed by atoms with Gasteiger partial charge in [-0.3, -0.25) is 10.2 Å². The van der Waals surface area contributed by atoms with E-state index >= 15 is 0 Å². The summed E-state index contributed by atoms with van der Waals surface area (Å²) in [5.41, 5.74) is 6.08. The molecular formula is C12H20N4O. The molecule has 0 aromatic heterocycles. The van der Waals surface area contributed by atoms with Crippen LogP contribution in [-0.4, -0.2) is 41.2 Å². The van der Waals surface area contributed by atoms with Crippen LogP contribution < -0.4 is 5.73 Å². The Morgan fingerprint density at radius 3 is 2.65 bits per heavy atom. The molecule has 1 aliphatic carbocycles. The second-order valence-corrected chi connectivity index (χ2v) is 4.73. The smallest absolute Gasteiger partial charge is 0.228 e. The first-order chi connectivity index (χ1) is 8.15. The highest BCUT2D eigenvalue weighted by Gasteiger charge is 2.31. The number of nitrogens with one attached hydrogen (secondary N) is 1. The molecule has 1 heterocycles. The van der Waals surface area contributed by atoms with Gasteiger partial charge in [0.25, 0.3) is 0 Å². The number of nitrogens with two attached hydrogens (primary N) is 1. The van der Waals surface area contributed by atoms with Gasteiger partial charge < -0.3 is 15.5 Å². The fourth-order valence-electron chi connectivity index (χ4n) is 2.71. The lowest BCUT2D eigenvalue weighted by Gasteiger charge is -2.30. The maximum atomic E-state index is 11.8. The molecule has 2 fully saturated rings. The van der Waals surface area contributed by atoms with Crippen LogP contribution in [0.25, 0.3) is 0 Å². The molecule has 17 heavy (non-hydrogen) atoms. The van der Waals surface area contributed by atoms with Crippen LogP contribution in [0, 0.1) is 5.41 Å². The van der Waals surface area contributed by atoms with Crippen molar-refractivity contribution in [1.29, 1.82) is 5.41 Å². The van der Waals surface area contributed by atoms with Gasteiger partial charge in [-0.2, -0.15) is 0 Å². The Morgan fingerprint density at radius 1 is 1.41 bits per heavy atom. The summed E-state index contributed by atoms with van der Waals surface area (Å²) in [5, 5.41) is 8.21. The molecule has 1 amide bonds. The zero-order valence-corrected chi connectivity index (χ0v) is 10.3. The zero-order valence-electron chi connectivity index (χ0n) is 10.3. The summed E-state index contributed by atoms with van der Waals surface area (Å²) in [6.07, 6.45) is 6.52. The van der Waals surface area contributed by atoms with Crippen molar-refractivity contribution in [3.05, 3.63) is 11.9 Å². The van der Waals surface area contributed by atoms with E-state index in [4.69, 9.17) is 11.1 Å². The normalized spacial score (nSPS) is 25.8. The number of hydrogen-bond acceptors (Lipinski definition) is 3. The first-order valence-corrected chi connectivity index (χ1v) is 6.19. The summed E-state index contributed by atoms with van der Waals surface area (Å²) in [4.78, 5) is 15.3. The molecule has 0 aromatic rings. The van der Waals surface area contributed by atoms with E-state index in [2.05, 4.69) is 0 Å². The number of likely N-dealkylation sites (N-methyl/N-ethyl adjacent to an activating group) is 1. The molecule has 0 aromatic carbocycles. The molecule has 5 nitrogen and oxygen atoms in total. The molecule has 0 radical (unpaired) electrons. The highest BCUT2D eigenvalue weighted by Crippen LogP contribution is 2.27. The van der Waals surface area contributed by atoms with Crippen molar-refractivity contribution < 1.29 is 4.79 Å². The summed E-state index contributed by atoms with van der Waals surface area (Å²) in [7, 11) is 1.69. The lowest BCUT2D eigenvalue weighted by Crippen LogP contribution is -2.40. The van der Waals surface area contributed by atoms with Gasteiger partial charge in [0.05, 0.1) is 0 Å². The standard InChI is InChI=1S/C12H20N4O/c1-15-10(8-13)12(14)16(7-6-11(15)17)9-4-2-3-5-9/h8-9,14H,2-7,13H2,1H3/b10-8+,14-12?. The van der Waals surface area contributed by atoms with Gasteiger partial charge in [-0.25, -0.2) is 0 Å². The topological polar surface area (TPSA) is 73.4 Å². The van der Waals surface area contributed by atoms with Crippen LogP contribution in [0.3, 0.4) is 0 Å². The van der Waals surface area contributed by atoms with E-state index < -0.39 is 0 Å². The van der Waals surface area contributed by atoms with Crippen LogP contribution in [0.5, 0.6) is 0 Å². The largest absolute Gasteiger partial charge is 0.403 e. The number of rotatable bonds is 1. The predicted octanol–water partition coefficient (Wildman–Crippen LogP) is 0.870. The average Bonchev–Trinajstić information content (AvgIpc) is 2.80. The quantitative estimate of drug-likeness (QED) is 0.709. The Hall–Kier alpha value is -1.52. The molecule has 2 rings (SSSR count). The third-order valence-corrected chi connectivity index (χ3v) is 3.76. The van der Waals surface area contributed by atoms with Gasteiger partial charge in [-0.05, 0) is 12.8 Å². The SMILES string of the molecule is CN1C(=O)CCN(C2CCCC2)C(=N)/C1=C\N. The highest BCUT2D eigenvalue weighted by molar-refractivity contribution is 6.00. The van der Waals surface area contributed by atoms with E-state index in [-0.39, 0.29) is 5.91 Å². The predicted molar refractivity (Wildman–Crippen MR) is 66.3 cm³/mol. The molecular weight excluding hydrogens is 216 g/mol. The second-order valence-electron chi connectivity index (χ2n) is 4.73. The molecule has 5 heteroatoms. The third kappa shape index (κ3) is 2.14. The second kappa shape index (κ2) is 4.77. The molecule has 1 saturated heterocycles. The minimum absolute atomic E-state index is 0.0342. The Morgan fingerprint density at radius 2 is 2.06 bits per heavy atom. The number of amides is 1. The van der Waals surface area contributed by atoms with Crippen molar-refractivity contribution in [2.45, 2.75) is 38.1 Å².